The Kier molecular flexibility index (Phi) is 6.54. The largest absolute Gasteiger partial charge is 0.481 e. The lowest BCUT2D eigenvalue weighted by atomic mass is 10.0. The predicted octanol–water partition coefficient (Wildman–Crippen LogP) is 2.08. The maximum absolute atomic E-state index is 10.6. The van der Waals surface area contributed by atoms with E-state index in [-0.39, 0.29) is 5.92 Å². The van der Waals surface area contributed by atoms with E-state index in [9.17, 15) is 4.79 Å². The van der Waals surface area contributed by atoms with Gasteiger partial charge in [0.1, 0.15) is 0 Å². The van der Waals surface area contributed by atoms with Crippen molar-refractivity contribution in [2.24, 2.45) is 11.8 Å². The average molecular weight is 201 g/mol. The summed E-state index contributed by atoms with van der Waals surface area (Å²) in [5, 5.41) is 8.75. The van der Waals surface area contributed by atoms with E-state index in [0.29, 0.717) is 12.5 Å². The summed E-state index contributed by atoms with van der Waals surface area (Å²) in [4.78, 5) is 12.8. The van der Waals surface area contributed by atoms with Gasteiger partial charge in [0.05, 0.1) is 5.92 Å². The van der Waals surface area contributed by atoms with Crippen molar-refractivity contribution in [3.8, 4) is 0 Å². The molecule has 0 radical (unpaired) electrons. The Bertz CT molecular complexity index is 167. The Labute approximate surface area is 87.1 Å². The summed E-state index contributed by atoms with van der Waals surface area (Å²) < 4.78 is 0. The summed E-state index contributed by atoms with van der Waals surface area (Å²) in [5.74, 6) is -0.281. The van der Waals surface area contributed by atoms with Crippen molar-refractivity contribution < 1.29 is 9.90 Å². The second kappa shape index (κ2) is 6.82. The van der Waals surface area contributed by atoms with E-state index < -0.39 is 5.97 Å². The first-order valence-corrected chi connectivity index (χ1v) is 5.42. The molecule has 0 rings (SSSR count). The Hall–Kier alpha value is -0.570. The van der Waals surface area contributed by atoms with Crippen molar-refractivity contribution >= 4 is 5.97 Å². The van der Waals surface area contributed by atoms with E-state index in [1.165, 1.54) is 12.8 Å². The average Bonchev–Trinajstić information content (AvgIpc) is 2.13. The molecule has 1 unspecified atom stereocenters. The molecular weight excluding hydrogens is 178 g/mol. The van der Waals surface area contributed by atoms with Crippen LogP contribution < -0.4 is 0 Å². The van der Waals surface area contributed by atoms with Gasteiger partial charge < -0.3 is 10.0 Å². The van der Waals surface area contributed by atoms with Crippen LogP contribution in [0.25, 0.3) is 0 Å². The van der Waals surface area contributed by atoms with Gasteiger partial charge in [-0.3, -0.25) is 4.79 Å². The predicted molar refractivity (Wildman–Crippen MR) is 58.4 cm³/mol. The van der Waals surface area contributed by atoms with E-state index in [1.54, 1.807) is 6.92 Å². The molecule has 0 aromatic carbocycles. The van der Waals surface area contributed by atoms with Crippen molar-refractivity contribution in [1.29, 1.82) is 0 Å². The minimum absolute atomic E-state index is 0.269. The highest BCUT2D eigenvalue weighted by Gasteiger charge is 2.15. The zero-order valence-corrected chi connectivity index (χ0v) is 9.79. The highest BCUT2D eigenvalue weighted by atomic mass is 16.4. The van der Waals surface area contributed by atoms with Crippen LogP contribution >= 0.6 is 0 Å². The van der Waals surface area contributed by atoms with Crippen LogP contribution in [-0.4, -0.2) is 36.1 Å². The fourth-order valence-corrected chi connectivity index (χ4v) is 1.61. The summed E-state index contributed by atoms with van der Waals surface area (Å²) in [7, 11) is 2.00. The van der Waals surface area contributed by atoms with Crippen molar-refractivity contribution in [3.63, 3.8) is 0 Å². The molecular formula is C11H23NO2. The molecule has 0 aromatic rings. The smallest absolute Gasteiger partial charge is 0.307 e. The number of nitrogens with zero attached hydrogens (tertiary/aromatic N) is 1. The van der Waals surface area contributed by atoms with E-state index in [4.69, 9.17) is 5.11 Å². The molecule has 0 bridgehead atoms. The molecule has 3 nitrogen and oxygen atoms in total. The monoisotopic (exact) mass is 201 g/mol. The van der Waals surface area contributed by atoms with Gasteiger partial charge in [0, 0.05) is 13.1 Å². The third-order valence-electron chi connectivity index (χ3n) is 2.73. The lowest BCUT2D eigenvalue weighted by Gasteiger charge is -2.23. The van der Waals surface area contributed by atoms with E-state index in [1.807, 2.05) is 7.05 Å². The van der Waals surface area contributed by atoms with Crippen LogP contribution in [0.3, 0.4) is 0 Å². The molecule has 0 amide bonds. The highest BCUT2D eigenvalue weighted by molar-refractivity contribution is 5.69. The molecule has 0 aliphatic heterocycles. The van der Waals surface area contributed by atoms with Gasteiger partial charge in [0.2, 0.25) is 0 Å². The van der Waals surface area contributed by atoms with Gasteiger partial charge in [0.15, 0.2) is 0 Å². The zero-order chi connectivity index (χ0) is 11.1. The molecule has 0 saturated heterocycles. The maximum atomic E-state index is 10.6. The van der Waals surface area contributed by atoms with Gasteiger partial charge in [0.25, 0.3) is 0 Å². The fraction of sp³-hybridized carbons (Fsp3) is 0.909. The van der Waals surface area contributed by atoms with Crippen LogP contribution in [0.5, 0.6) is 0 Å². The lowest BCUT2D eigenvalue weighted by molar-refractivity contribution is -0.141. The molecule has 0 aliphatic rings. The molecule has 1 N–H and O–H groups in total. The molecule has 0 aliphatic carbocycles. The number of carboxylic acid groups (broad SMARTS) is 1. The van der Waals surface area contributed by atoms with Gasteiger partial charge in [-0.15, -0.1) is 0 Å². The van der Waals surface area contributed by atoms with Gasteiger partial charge in [-0.05, 0) is 13.0 Å². The van der Waals surface area contributed by atoms with Gasteiger partial charge in [-0.2, -0.15) is 0 Å². The molecule has 84 valence electrons. The van der Waals surface area contributed by atoms with E-state index >= 15 is 0 Å². The lowest BCUT2D eigenvalue weighted by Crippen LogP contribution is -2.32. The summed E-state index contributed by atoms with van der Waals surface area (Å²) in [6, 6.07) is 0. The van der Waals surface area contributed by atoms with Crippen molar-refractivity contribution in [1.82, 2.24) is 4.90 Å². The second-order valence-corrected chi connectivity index (χ2v) is 4.14. The molecule has 3 heteroatoms. The Balaban J connectivity index is 3.84. The molecule has 0 saturated carbocycles. The number of hydrogen-bond donors (Lipinski definition) is 1. The topological polar surface area (TPSA) is 40.5 Å². The second-order valence-electron chi connectivity index (χ2n) is 4.14. The van der Waals surface area contributed by atoms with Crippen molar-refractivity contribution in [2.75, 3.05) is 20.1 Å². The Morgan fingerprint density at radius 2 is 1.79 bits per heavy atom. The number of rotatable bonds is 7. The third kappa shape index (κ3) is 5.22. The standard InChI is InChI=1S/C11H23NO2/c1-5-10(6-2)8-12(4)7-9(3)11(13)14/h9-10H,5-8H2,1-4H3,(H,13,14). The van der Waals surface area contributed by atoms with Gasteiger partial charge in [-0.25, -0.2) is 0 Å². The highest BCUT2D eigenvalue weighted by Crippen LogP contribution is 2.10. The molecule has 0 spiro atoms. The van der Waals surface area contributed by atoms with E-state index in [0.717, 1.165) is 6.54 Å². The van der Waals surface area contributed by atoms with Crippen LogP contribution in [-0.2, 0) is 4.79 Å². The summed E-state index contributed by atoms with van der Waals surface area (Å²) >= 11 is 0. The fourth-order valence-electron chi connectivity index (χ4n) is 1.61. The maximum Gasteiger partial charge on any atom is 0.307 e. The van der Waals surface area contributed by atoms with Crippen LogP contribution in [0.4, 0.5) is 0 Å². The number of carbonyl (C=O) groups is 1. The molecule has 0 fully saturated rings. The molecule has 0 aromatic heterocycles. The Morgan fingerprint density at radius 3 is 2.14 bits per heavy atom. The van der Waals surface area contributed by atoms with E-state index in [2.05, 4.69) is 18.7 Å². The quantitative estimate of drug-likeness (QED) is 0.685. The van der Waals surface area contributed by atoms with Crippen LogP contribution in [0.1, 0.15) is 33.6 Å². The van der Waals surface area contributed by atoms with Crippen molar-refractivity contribution in [3.05, 3.63) is 0 Å². The normalized spacial score (nSPS) is 13.6. The molecule has 1 atom stereocenters. The summed E-state index contributed by atoms with van der Waals surface area (Å²) in [6.45, 7) is 7.77. The minimum Gasteiger partial charge on any atom is -0.481 e. The molecule has 0 heterocycles. The van der Waals surface area contributed by atoms with Crippen LogP contribution in [0.2, 0.25) is 0 Å². The number of aliphatic carboxylic acids is 1. The van der Waals surface area contributed by atoms with Crippen LogP contribution in [0.15, 0.2) is 0 Å². The first-order valence-electron chi connectivity index (χ1n) is 5.42. The first-order chi connectivity index (χ1) is 6.51. The van der Waals surface area contributed by atoms with Crippen molar-refractivity contribution in [2.45, 2.75) is 33.6 Å². The van der Waals surface area contributed by atoms with Crippen LogP contribution in [0, 0.1) is 11.8 Å². The minimum atomic E-state index is -0.707. The number of carboxylic acids is 1. The summed E-state index contributed by atoms with van der Waals surface area (Å²) in [6.07, 6.45) is 2.34. The molecule has 14 heavy (non-hydrogen) atoms. The van der Waals surface area contributed by atoms with Gasteiger partial charge in [-0.1, -0.05) is 33.6 Å². The zero-order valence-electron chi connectivity index (χ0n) is 9.79. The first kappa shape index (κ1) is 13.4. The van der Waals surface area contributed by atoms with Gasteiger partial charge >= 0.3 is 5.97 Å². The Morgan fingerprint density at radius 1 is 1.29 bits per heavy atom. The number of hydrogen-bond acceptors (Lipinski definition) is 2. The summed E-state index contributed by atoms with van der Waals surface area (Å²) in [5.41, 5.74) is 0. The third-order valence-corrected chi connectivity index (χ3v) is 2.73. The SMILES string of the molecule is CCC(CC)CN(C)CC(C)C(=O)O.